The van der Waals surface area contributed by atoms with Crippen LogP contribution in [0.1, 0.15) is 0 Å². The van der Waals surface area contributed by atoms with E-state index in [0.29, 0.717) is 0 Å². The van der Waals surface area contributed by atoms with Gasteiger partial charge in [-0.15, -0.1) is 0 Å². The molecule has 0 atom stereocenters. The molecule has 0 unspecified atom stereocenters. The SMILES string of the molecule is O=[N+]([O-])[O-].[Ag+].[Na+].[OH-]. The zero-order chi connectivity index (χ0) is 3.58. The predicted molar refractivity (Wildman–Crippen MR) is 12.3 cm³/mol. The van der Waals surface area contributed by atoms with Gasteiger partial charge >= 0.3 is 51.9 Å². The Hall–Kier alpha value is 0.900. The second-order valence-electron chi connectivity index (χ2n) is 0.224. The first kappa shape index (κ1) is 24.7. The zero-order valence-electron chi connectivity index (χ0n) is 3.42. The van der Waals surface area contributed by atoms with Crippen LogP contribution in [-0.2, 0) is 22.4 Å². The molecule has 0 aliphatic carbocycles. The van der Waals surface area contributed by atoms with E-state index in [1.165, 1.54) is 0 Å². The van der Waals surface area contributed by atoms with Crippen LogP contribution >= 0.6 is 0 Å². The summed E-state index contributed by atoms with van der Waals surface area (Å²) in [5.41, 5.74) is 0. The van der Waals surface area contributed by atoms with Crippen molar-refractivity contribution in [1.29, 1.82) is 0 Å². The molecule has 1 N–H and O–H groups in total. The monoisotopic (exact) mass is 209 g/mol. The molecule has 0 aromatic heterocycles. The van der Waals surface area contributed by atoms with E-state index in [4.69, 9.17) is 15.3 Å². The molecule has 0 amide bonds. The van der Waals surface area contributed by atoms with Crippen molar-refractivity contribution >= 4 is 0 Å². The third kappa shape index (κ3) is 204. The van der Waals surface area contributed by atoms with E-state index in [2.05, 4.69) is 0 Å². The van der Waals surface area contributed by atoms with Crippen molar-refractivity contribution in [2.75, 3.05) is 0 Å². The van der Waals surface area contributed by atoms with Gasteiger partial charge in [-0.2, -0.15) is 0 Å². The quantitative estimate of drug-likeness (QED) is 0.236. The van der Waals surface area contributed by atoms with Crippen LogP contribution in [0.4, 0.5) is 0 Å². The summed E-state index contributed by atoms with van der Waals surface area (Å²) in [5, 5.41) is 14.8. The summed E-state index contributed by atoms with van der Waals surface area (Å²) in [6.45, 7) is 0. The van der Waals surface area contributed by atoms with Crippen molar-refractivity contribution in [2.24, 2.45) is 0 Å². The van der Waals surface area contributed by atoms with Crippen molar-refractivity contribution < 1.29 is 62.5 Å². The van der Waals surface area contributed by atoms with Gasteiger partial charge in [0.25, 0.3) is 0 Å². The zero-order valence-corrected chi connectivity index (χ0v) is 6.90. The van der Waals surface area contributed by atoms with Crippen LogP contribution in [0.25, 0.3) is 0 Å². The maximum Gasteiger partial charge on any atom is 1.00 e. The van der Waals surface area contributed by atoms with Crippen LogP contribution in [0.5, 0.6) is 0 Å². The van der Waals surface area contributed by atoms with Gasteiger partial charge in [-0.25, -0.2) is 0 Å². The number of rotatable bonds is 0. The Bertz CT molecular complexity index is 34.7. The fourth-order valence-corrected chi connectivity index (χ4v) is 0. The first-order valence-electron chi connectivity index (χ1n) is 0.548. The summed E-state index contributed by atoms with van der Waals surface area (Å²) in [6.07, 6.45) is 0. The standard InChI is InChI=1S/Ag.NO3.Na.H2O/c;2-1(3)4;;/h;;;1H2/q+1;-1;+1;/p-1. The minimum Gasteiger partial charge on any atom is -0.870 e. The average Bonchev–Trinajstić information content (AvgIpc) is 0.811. The van der Waals surface area contributed by atoms with Crippen LogP contribution in [-0.4, -0.2) is 10.6 Å². The first-order valence-corrected chi connectivity index (χ1v) is 0.548. The molecule has 0 fully saturated rings. The second-order valence-corrected chi connectivity index (χ2v) is 0.224. The summed E-state index contributed by atoms with van der Waals surface area (Å²) in [5.74, 6) is 0. The molecule has 0 rings (SSSR count). The molecule has 0 aliphatic rings. The largest absolute Gasteiger partial charge is 1.00 e. The van der Waals surface area contributed by atoms with Gasteiger partial charge in [-0.1, -0.05) is 0 Å². The summed E-state index contributed by atoms with van der Waals surface area (Å²) >= 11 is 0. The molecule has 5 nitrogen and oxygen atoms in total. The summed E-state index contributed by atoms with van der Waals surface area (Å²) in [4.78, 5) is 8.25. The van der Waals surface area contributed by atoms with Crippen molar-refractivity contribution in [3.8, 4) is 0 Å². The molecular formula is HAgNNaO4. The van der Waals surface area contributed by atoms with Gasteiger partial charge in [-0.3, -0.25) is 0 Å². The molecule has 0 aliphatic heterocycles. The summed E-state index contributed by atoms with van der Waals surface area (Å²) in [7, 11) is 0. The Kier molecular flexibility index (Phi) is 55.8. The van der Waals surface area contributed by atoms with Gasteiger partial charge in [0.2, 0.25) is 0 Å². The summed E-state index contributed by atoms with van der Waals surface area (Å²) < 4.78 is 0. The molecule has 0 radical (unpaired) electrons. The van der Waals surface area contributed by atoms with Crippen molar-refractivity contribution in [2.45, 2.75) is 0 Å². The fraction of sp³-hybridized carbons (Fsp3) is 0. The number of hydrogen-bond acceptors (Lipinski definition) is 4. The van der Waals surface area contributed by atoms with Crippen molar-refractivity contribution in [3.05, 3.63) is 15.3 Å². The van der Waals surface area contributed by atoms with E-state index in [0.717, 1.165) is 0 Å². The van der Waals surface area contributed by atoms with Gasteiger partial charge in [0.05, 0.1) is 5.09 Å². The van der Waals surface area contributed by atoms with Crippen molar-refractivity contribution in [1.82, 2.24) is 0 Å². The van der Waals surface area contributed by atoms with E-state index in [1.54, 1.807) is 0 Å². The van der Waals surface area contributed by atoms with Gasteiger partial charge in [0, 0.05) is 0 Å². The van der Waals surface area contributed by atoms with Crippen LogP contribution in [0, 0.1) is 15.3 Å². The van der Waals surface area contributed by atoms with E-state index in [1.807, 2.05) is 0 Å². The molecule has 0 spiro atoms. The summed E-state index contributed by atoms with van der Waals surface area (Å²) in [6, 6.07) is 0. The minimum atomic E-state index is -1.75. The van der Waals surface area contributed by atoms with E-state index < -0.39 is 5.09 Å². The van der Waals surface area contributed by atoms with Crippen molar-refractivity contribution in [3.63, 3.8) is 0 Å². The molecule has 0 saturated carbocycles. The minimum absolute atomic E-state index is 0. The topological polar surface area (TPSA) is 96.2 Å². The molecule has 0 saturated heterocycles. The second kappa shape index (κ2) is 15.8. The van der Waals surface area contributed by atoms with Gasteiger partial charge in [0.1, 0.15) is 0 Å². The smallest absolute Gasteiger partial charge is 0.870 e. The third-order valence-corrected chi connectivity index (χ3v) is 0. The molecule has 0 aromatic carbocycles. The van der Waals surface area contributed by atoms with E-state index >= 15 is 0 Å². The van der Waals surface area contributed by atoms with Crippen LogP contribution < -0.4 is 29.6 Å². The Balaban J connectivity index is -0.0000000150. The number of hydrogen-bond donors (Lipinski definition) is 0. The van der Waals surface area contributed by atoms with E-state index in [9.17, 15) is 0 Å². The molecular weight excluding hydrogens is 209 g/mol. The first-order chi connectivity index (χ1) is 1.73. The van der Waals surface area contributed by atoms with Gasteiger partial charge < -0.3 is 20.8 Å². The molecule has 7 heteroatoms. The van der Waals surface area contributed by atoms with E-state index in [-0.39, 0.29) is 57.4 Å². The predicted octanol–water partition coefficient (Wildman–Crippen LogP) is -3.41. The molecule has 0 bridgehead atoms. The van der Waals surface area contributed by atoms with Crippen LogP contribution in [0.3, 0.4) is 0 Å². The Morgan fingerprint density at radius 1 is 1.29 bits per heavy atom. The van der Waals surface area contributed by atoms with Gasteiger partial charge in [-0.05, 0) is 0 Å². The van der Waals surface area contributed by atoms with Crippen LogP contribution in [0.2, 0.25) is 0 Å². The Labute approximate surface area is 77.3 Å². The normalized spacial score (nSPS) is 3.43. The third-order valence-electron chi connectivity index (χ3n) is 0. The molecule has 42 valence electrons. The molecule has 0 aromatic rings. The van der Waals surface area contributed by atoms with Crippen LogP contribution in [0.15, 0.2) is 0 Å². The maximum absolute atomic E-state index is 8.25. The molecule has 7 heavy (non-hydrogen) atoms. The average molecular weight is 210 g/mol. The van der Waals surface area contributed by atoms with Gasteiger partial charge in [0.15, 0.2) is 0 Å². The fourth-order valence-electron chi connectivity index (χ4n) is 0. The Morgan fingerprint density at radius 3 is 1.29 bits per heavy atom. The maximum atomic E-state index is 8.25. The number of nitrogens with zero attached hydrogens (tertiary/aromatic N) is 1. The molecule has 0 heterocycles. The Morgan fingerprint density at radius 2 is 1.29 bits per heavy atom.